The van der Waals surface area contributed by atoms with Gasteiger partial charge < -0.3 is 14.5 Å². The van der Waals surface area contributed by atoms with Gasteiger partial charge in [0.2, 0.25) is 5.91 Å². The minimum absolute atomic E-state index is 0.122. The summed E-state index contributed by atoms with van der Waals surface area (Å²) in [5, 5.41) is 2.62. The van der Waals surface area contributed by atoms with Crippen molar-refractivity contribution in [3.05, 3.63) is 78.1 Å². The fourth-order valence-corrected chi connectivity index (χ4v) is 2.74. The highest BCUT2D eigenvalue weighted by molar-refractivity contribution is 5.98. The molecule has 3 aromatic rings. The van der Waals surface area contributed by atoms with Gasteiger partial charge in [0.25, 0.3) is 0 Å². The van der Waals surface area contributed by atoms with E-state index in [1.54, 1.807) is 24.3 Å². The number of amides is 1. The van der Waals surface area contributed by atoms with Crippen molar-refractivity contribution in [3.8, 4) is 11.3 Å². The molecule has 0 fully saturated rings. The Bertz CT molecular complexity index is 990. The molecule has 148 valence electrons. The Hall–Kier alpha value is -3.67. The van der Waals surface area contributed by atoms with E-state index >= 15 is 0 Å². The van der Waals surface area contributed by atoms with Gasteiger partial charge >= 0.3 is 5.97 Å². The second-order valence-corrected chi connectivity index (χ2v) is 6.47. The highest BCUT2D eigenvalue weighted by Gasteiger charge is 2.12. The Morgan fingerprint density at radius 2 is 1.66 bits per heavy atom. The van der Waals surface area contributed by atoms with Crippen molar-refractivity contribution in [2.75, 3.05) is 11.9 Å². The Kier molecular flexibility index (Phi) is 6.58. The van der Waals surface area contributed by atoms with E-state index < -0.39 is 5.97 Å². The van der Waals surface area contributed by atoms with Crippen LogP contribution in [0.4, 0.5) is 5.69 Å². The molecular formula is C23H21NO5. The van der Waals surface area contributed by atoms with E-state index in [2.05, 4.69) is 5.32 Å². The molecule has 0 spiro atoms. The zero-order chi connectivity index (χ0) is 20.6. The van der Waals surface area contributed by atoms with Crippen LogP contribution < -0.4 is 5.32 Å². The Morgan fingerprint density at radius 1 is 0.931 bits per heavy atom. The number of hydrogen-bond acceptors (Lipinski definition) is 5. The van der Waals surface area contributed by atoms with Crippen LogP contribution in [0.25, 0.3) is 11.3 Å². The van der Waals surface area contributed by atoms with Crippen LogP contribution in [0.15, 0.2) is 71.1 Å². The third-order valence-corrected chi connectivity index (χ3v) is 4.19. The Labute approximate surface area is 168 Å². The van der Waals surface area contributed by atoms with Gasteiger partial charge in [-0.25, -0.2) is 0 Å². The number of ether oxygens (including phenoxy) is 1. The molecule has 3 rings (SSSR count). The van der Waals surface area contributed by atoms with E-state index in [1.165, 1.54) is 6.92 Å². The van der Waals surface area contributed by atoms with Gasteiger partial charge in [-0.15, -0.1) is 0 Å². The van der Waals surface area contributed by atoms with Crippen LogP contribution in [0.2, 0.25) is 0 Å². The molecule has 0 aliphatic carbocycles. The van der Waals surface area contributed by atoms with Crippen LogP contribution >= 0.6 is 0 Å². The van der Waals surface area contributed by atoms with Gasteiger partial charge in [0, 0.05) is 30.2 Å². The molecule has 0 aliphatic heterocycles. The molecule has 29 heavy (non-hydrogen) atoms. The average Bonchev–Trinajstić information content (AvgIpc) is 3.20. The molecule has 0 bridgehead atoms. The van der Waals surface area contributed by atoms with Gasteiger partial charge in [0.05, 0.1) is 6.42 Å². The first-order valence-corrected chi connectivity index (χ1v) is 9.22. The summed E-state index contributed by atoms with van der Waals surface area (Å²) in [6.45, 7) is 1.08. The fourth-order valence-electron chi connectivity index (χ4n) is 2.74. The second kappa shape index (κ2) is 9.50. The van der Waals surface area contributed by atoms with Crippen molar-refractivity contribution in [3.63, 3.8) is 0 Å². The zero-order valence-electron chi connectivity index (χ0n) is 16.0. The lowest BCUT2D eigenvalue weighted by Gasteiger charge is -2.05. The number of furan rings is 1. The van der Waals surface area contributed by atoms with Crippen LogP contribution in [-0.4, -0.2) is 24.3 Å². The largest absolute Gasteiger partial charge is 0.461 e. The molecular weight excluding hydrogens is 370 g/mol. The Morgan fingerprint density at radius 3 is 2.34 bits per heavy atom. The maximum Gasteiger partial charge on any atom is 0.306 e. The quantitative estimate of drug-likeness (QED) is 0.458. The van der Waals surface area contributed by atoms with E-state index in [0.717, 1.165) is 11.3 Å². The maximum atomic E-state index is 12.1. The van der Waals surface area contributed by atoms with Gasteiger partial charge in [-0.3, -0.25) is 14.4 Å². The van der Waals surface area contributed by atoms with Gasteiger partial charge in [-0.2, -0.15) is 0 Å². The molecule has 2 aromatic carbocycles. The van der Waals surface area contributed by atoms with Crippen LogP contribution in [-0.2, 0) is 20.7 Å². The predicted octanol–water partition coefficient (Wildman–Crippen LogP) is 4.26. The number of aryl methyl sites for hydroxylation is 1. The van der Waals surface area contributed by atoms with Gasteiger partial charge in [-0.05, 0) is 36.4 Å². The van der Waals surface area contributed by atoms with E-state index in [-0.39, 0.29) is 24.7 Å². The predicted molar refractivity (Wildman–Crippen MR) is 109 cm³/mol. The molecule has 0 saturated heterocycles. The molecule has 0 aliphatic rings. The van der Waals surface area contributed by atoms with Crippen LogP contribution in [0.3, 0.4) is 0 Å². The van der Waals surface area contributed by atoms with Crippen LogP contribution in [0, 0.1) is 0 Å². The SMILES string of the molecule is CC(=O)Nc1ccc(C(=O)COC(=O)CCc2ccc(-c3ccccc3)o2)cc1. The molecule has 1 heterocycles. The number of ketones is 1. The zero-order valence-corrected chi connectivity index (χ0v) is 16.0. The first-order chi connectivity index (χ1) is 14.0. The molecule has 0 saturated carbocycles. The number of benzene rings is 2. The normalized spacial score (nSPS) is 10.4. The van der Waals surface area contributed by atoms with E-state index in [9.17, 15) is 14.4 Å². The molecule has 6 nitrogen and oxygen atoms in total. The first-order valence-electron chi connectivity index (χ1n) is 9.22. The maximum absolute atomic E-state index is 12.1. The highest BCUT2D eigenvalue weighted by Crippen LogP contribution is 2.22. The summed E-state index contributed by atoms with van der Waals surface area (Å²) in [7, 11) is 0. The number of Topliss-reactive ketones (excluding diaryl/α,β-unsaturated/α-hetero) is 1. The Balaban J connectivity index is 1.44. The topological polar surface area (TPSA) is 85.6 Å². The van der Waals surface area contributed by atoms with Crippen molar-refractivity contribution in [2.45, 2.75) is 19.8 Å². The molecule has 6 heteroatoms. The minimum Gasteiger partial charge on any atom is -0.461 e. The summed E-state index contributed by atoms with van der Waals surface area (Å²) >= 11 is 0. The first kappa shape index (κ1) is 20.1. The lowest BCUT2D eigenvalue weighted by Crippen LogP contribution is -2.14. The van der Waals surface area contributed by atoms with Crippen molar-refractivity contribution >= 4 is 23.3 Å². The summed E-state index contributed by atoms with van der Waals surface area (Å²) in [6, 6.07) is 19.8. The number of carbonyl (C=O) groups excluding carboxylic acids is 3. The highest BCUT2D eigenvalue weighted by atomic mass is 16.5. The second-order valence-electron chi connectivity index (χ2n) is 6.47. The number of hydrogen-bond donors (Lipinski definition) is 1. The van der Waals surface area contributed by atoms with Gasteiger partial charge in [-0.1, -0.05) is 30.3 Å². The van der Waals surface area contributed by atoms with Crippen molar-refractivity contribution in [1.82, 2.24) is 0 Å². The van der Waals surface area contributed by atoms with Crippen molar-refractivity contribution in [2.24, 2.45) is 0 Å². The standard InChI is InChI=1S/C23H21NO5/c1-16(25)24-19-9-7-17(8-10-19)21(26)15-28-23(27)14-12-20-11-13-22(29-20)18-5-3-2-4-6-18/h2-11,13H,12,14-15H2,1H3,(H,24,25). The number of carbonyl (C=O) groups is 3. The molecule has 0 radical (unpaired) electrons. The summed E-state index contributed by atoms with van der Waals surface area (Å²) in [5.74, 6) is 0.459. The smallest absolute Gasteiger partial charge is 0.306 e. The van der Waals surface area contributed by atoms with E-state index in [0.29, 0.717) is 23.4 Å². The molecule has 0 unspecified atom stereocenters. The third-order valence-electron chi connectivity index (χ3n) is 4.19. The third kappa shape index (κ3) is 5.90. The van der Waals surface area contributed by atoms with E-state index in [1.807, 2.05) is 42.5 Å². The molecule has 0 atom stereocenters. The monoisotopic (exact) mass is 391 g/mol. The lowest BCUT2D eigenvalue weighted by atomic mass is 10.1. The molecule has 1 amide bonds. The molecule has 1 aromatic heterocycles. The molecule has 1 N–H and O–H groups in total. The minimum atomic E-state index is -0.467. The van der Waals surface area contributed by atoms with Gasteiger partial charge in [0.1, 0.15) is 11.5 Å². The van der Waals surface area contributed by atoms with Crippen molar-refractivity contribution in [1.29, 1.82) is 0 Å². The van der Waals surface area contributed by atoms with Crippen molar-refractivity contribution < 1.29 is 23.5 Å². The number of esters is 1. The summed E-state index contributed by atoms with van der Waals surface area (Å²) in [6.07, 6.45) is 0.516. The van der Waals surface area contributed by atoms with E-state index in [4.69, 9.17) is 9.15 Å². The van der Waals surface area contributed by atoms with Gasteiger partial charge in [0.15, 0.2) is 12.4 Å². The van der Waals surface area contributed by atoms with Crippen LogP contribution in [0.5, 0.6) is 0 Å². The fraction of sp³-hybridized carbons (Fsp3) is 0.174. The van der Waals surface area contributed by atoms with Crippen LogP contribution in [0.1, 0.15) is 29.5 Å². The number of anilines is 1. The number of rotatable bonds is 8. The average molecular weight is 391 g/mol. The summed E-state index contributed by atoms with van der Waals surface area (Å²) in [5.41, 5.74) is 1.97. The summed E-state index contributed by atoms with van der Waals surface area (Å²) in [4.78, 5) is 35.1. The number of nitrogens with one attached hydrogen (secondary N) is 1. The summed E-state index contributed by atoms with van der Waals surface area (Å²) < 4.78 is 10.8. The lowest BCUT2D eigenvalue weighted by molar-refractivity contribution is -0.142.